The topological polar surface area (TPSA) is 78.5 Å². The maximum absolute atomic E-state index is 14.5. The quantitative estimate of drug-likeness (QED) is 0.524. The van der Waals surface area contributed by atoms with E-state index in [4.69, 9.17) is 0 Å². The summed E-state index contributed by atoms with van der Waals surface area (Å²) in [5.41, 5.74) is 0.0287. The van der Waals surface area contributed by atoms with Crippen LogP contribution in [0, 0.1) is 29.3 Å². The largest absolute Gasteiger partial charge is 0.347 e. The number of piperidine rings is 1. The first-order valence-electron chi connectivity index (χ1n) is 12.3. The second kappa shape index (κ2) is 10.2. The third-order valence-electron chi connectivity index (χ3n) is 7.33. The average Bonchev–Trinajstić information content (AvgIpc) is 3.59. The van der Waals surface area contributed by atoms with Gasteiger partial charge in [0, 0.05) is 30.1 Å². The predicted molar refractivity (Wildman–Crippen MR) is 127 cm³/mol. The van der Waals surface area contributed by atoms with Crippen molar-refractivity contribution in [2.75, 3.05) is 6.54 Å². The third-order valence-corrected chi connectivity index (χ3v) is 8.96. The van der Waals surface area contributed by atoms with E-state index in [1.807, 2.05) is 25.7 Å². The summed E-state index contributed by atoms with van der Waals surface area (Å²) in [6, 6.07) is 0.931. The fourth-order valence-electron chi connectivity index (χ4n) is 5.27. The zero-order chi connectivity index (χ0) is 25.5. The maximum atomic E-state index is 14.5. The Bertz CT molecular complexity index is 998. The van der Waals surface area contributed by atoms with E-state index < -0.39 is 39.2 Å². The van der Waals surface area contributed by atoms with Gasteiger partial charge in [0.25, 0.3) is 0 Å². The second-order valence-corrected chi connectivity index (χ2v) is 13.1. The molecule has 35 heavy (non-hydrogen) atoms. The number of halogens is 3. The van der Waals surface area contributed by atoms with E-state index in [0.29, 0.717) is 18.9 Å². The minimum Gasteiger partial charge on any atom is -0.347 e. The molecule has 2 heterocycles. The molecule has 1 saturated carbocycles. The monoisotopic (exact) mass is 513 g/mol. The second-order valence-electron chi connectivity index (χ2n) is 11.1. The van der Waals surface area contributed by atoms with E-state index in [9.17, 15) is 27.0 Å². The van der Waals surface area contributed by atoms with Crippen molar-refractivity contribution in [1.29, 1.82) is 0 Å². The van der Waals surface area contributed by atoms with Crippen LogP contribution < -0.4 is 10.0 Å². The highest BCUT2D eigenvalue weighted by Crippen LogP contribution is 2.41. The first-order valence-corrected chi connectivity index (χ1v) is 13.5. The molecule has 2 saturated heterocycles. The van der Waals surface area contributed by atoms with Gasteiger partial charge in [-0.25, -0.2) is 22.1 Å². The Balaban J connectivity index is 1.48. The Morgan fingerprint density at radius 2 is 1.63 bits per heavy atom. The Labute approximate surface area is 207 Å². The average molecular weight is 514 g/mol. The van der Waals surface area contributed by atoms with E-state index in [1.165, 1.54) is 0 Å². The number of carbonyl (C=O) groups excluding carboxylic acids is 2. The van der Waals surface area contributed by atoms with Crippen LogP contribution in [-0.2, 0) is 27.0 Å². The number of hydrogen-bond donors (Lipinski definition) is 2. The van der Waals surface area contributed by atoms with Gasteiger partial charge in [-0.05, 0) is 83.3 Å². The Kier molecular flexibility index (Phi) is 7.62. The minimum absolute atomic E-state index is 0.0111. The molecular weight excluding hydrogens is 479 g/mol. The van der Waals surface area contributed by atoms with Gasteiger partial charge in [-0.15, -0.1) is 0 Å². The fourth-order valence-corrected chi connectivity index (χ4v) is 6.18. The molecule has 1 aliphatic carbocycles. The molecule has 4 rings (SSSR count). The molecule has 4 atom stereocenters. The SMILES string of the molecule is CC(C)(C)[S@](=O)N[C@H](Cc1cc(F)c(F)cc1F)C1CC2CCC(C1)N2C(=O)CNC(=O)C1CC1. The van der Waals surface area contributed by atoms with Gasteiger partial charge in [-0.3, -0.25) is 9.59 Å². The zero-order valence-corrected chi connectivity index (χ0v) is 21.2. The summed E-state index contributed by atoms with van der Waals surface area (Å²) in [5, 5.41) is 2.75. The number of carbonyl (C=O) groups is 2. The van der Waals surface area contributed by atoms with Crippen LogP contribution in [0.4, 0.5) is 13.2 Å². The van der Waals surface area contributed by atoms with Crippen molar-refractivity contribution in [3.05, 3.63) is 35.1 Å². The van der Waals surface area contributed by atoms with Crippen molar-refractivity contribution in [2.24, 2.45) is 11.8 Å². The van der Waals surface area contributed by atoms with Crippen molar-refractivity contribution in [2.45, 2.75) is 88.6 Å². The van der Waals surface area contributed by atoms with Gasteiger partial charge < -0.3 is 10.2 Å². The number of nitrogens with one attached hydrogen (secondary N) is 2. The highest BCUT2D eigenvalue weighted by atomic mass is 32.2. The fraction of sp³-hybridized carbons (Fsp3) is 0.680. The van der Waals surface area contributed by atoms with Crippen LogP contribution in [0.15, 0.2) is 12.1 Å². The first-order chi connectivity index (χ1) is 16.4. The molecule has 1 aromatic rings. The molecule has 0 radical (unpaired) electrons. The number of rotatable bonds is 8. The number of amides is 2. The molecule has 0 aromatic heterocycles. The lowest BCUT2D eigenvalue weighted by atomic mass is 9.82. The normalized spacial score (nSPS) is 25.9. The van der Waals surface area contributed by atoms with Crippen molar-refractivity contribution in [3.8, 4) is 0 Å². The summed E-state index contributed by atoms with van der Waals surface area (Å²) in [4.78, 5) is 26.7. The van der Waals surface area contributed by atoms with Crippen LogP contribution in [0.25, 0.3) is 0 Å². The van der Waals surface area contributed by atoms with Gasteiger partial charge in [0.15, 0.2) is 11.6 Å². The lowest BCUT2D eigenvalue weighted by molar-refractivity contribution is -0.137. The molecule has 2 unspecified atom stereocenters. The number of hydrogen-bond acceptors (Lipinski definition) is 3. The third kappa shape index (κ3) is 6.07. The van der Waals surface area contributed by atoms with Gasteiger partial charge >= 0.3 is 0 Å². The van der Waals surface area contributed by atoms with Gasteiger partial charge in [0.2, 0.25) is 11.8 Å². The smallest absolute Gasteiger partial charge is 0.242 e. The predicted octanol–water partition coefficient (Wildman–Crippen LogP) is 3.36. The van der Waals surface area contributed by atoms with Gasteiger partial charge in [-0.1, -0.05) is 0 Å². The van der Waals surface area contributed by atoms with E-state index in [-0.39, 0.29) is 54.3 Å². The number of benzene rings is 1. The molecule has 194 valence electrons. The molecule has 1 aromatic carbocycles. The molecular formula is C25H34F3N3O3S. The molecule has 3 aliphatic rings. The van der Waals surface area contributed by atoms with Gasteiger partial charge in [0.1, 0.15) is 5.82 Å². The molecule has 2 aliphatic heterocycles. The Hall–Kier alpha value is -1.94. The molecule has 0 spiro atoms. The van der Waals surface area contributed by atoms with Crippen LogP contribution in [0.1, 0.15) is 64.9 Å². The van der Waals surface area contributed by atoms with E-state index in [2.05, 4.69) is 10.0 Å². The first kappa shape index (κ1) is 26.1. The summed E-state index contributed by atoms with van der Waals surface area (Å²) in [7, 11) is -1.45. The molecule has 2 bridgehead atoms. The van der Waals surface area contributed by atoms with Crippen molar-refractivity contribution in [3.63, 3.8) is 0 Å². The molecule has 3 fully saturated rings. The minimum atomic E-state index is -1.45. The van der Waals surface area contributed by atoms with Gasteiger partial charge in [0.05, 0.1) is 22.3 Å². The van der Waals surface area contributed by atoms with E-state index in [1.54, 1.807) is 0 Å². The highest BCUT2D eigenvalue weighted by Gasteiger charge is 2.45. The summed E-state index contributed by atoms with van der Waals surface area (Å²) < 4.78 is 57.3. The summed E-state index contributed by atoms with van der Waals surface area (Å²) in [6.45, 7) is 5.47. The Morgan fingerprint density at radius 3 is 2.20 bits per heavy atom. The standard InChI is InChI=1S/C25H34F3N3O3S/c1-25(2,3)35(34)30-22(11-15-10-20(27)21(28)12-19(15)26)16-8-17-6-7-18(9-16)31(17)23(32)13-29-24(33)14-4-5-14/h10,12,14,16-18,22,30H,4-9,11,13H2,1-3H3,(H,29,33)/t16?,17?,18?,22-,35+/m1/s1. The van der Waals surface area contributed by atoms with Gasteiger partial charge in [-0.2, -0.15) is 0 Å². The summed E-state index contributed by atoms with van der Waals surface area (Å²) in [5.74, 6) is -3.35. The maximum Gasteiger partial charge on any atom is 0.242 e. The van der Waals surface area contributed by atoms with Crippen LogP contribution in [0.3, 0.4) is 0 Å². The Morgan fingerprint density at radius 1 is 1.03 bits per heavy atom. The molecule has 2 amide bonds. The van der Waals surface area contributed by atoms with Crippen molar-refractivity contribution in [1.82, 2.24) is 14.9 Å². The van der Waals surface area contributed by atoms with E-state index >= 15 is 0 Å². The van der Waals surface area contributed by atoms with Crippen LogP contribution >= 0.6 is 0 Å². The molecule has 6 nitrogen and oxygen atoms in total. The van der Waals surface area contributed by atoms with Crippen LogP contribution in [0.2, 0.25) is 0 Å². The van der Waals surface area contributed by atoms with Crippen molar-refractivity contribution < 1.29 is 27.0 Å². The van der Waals surface area contributed by atoms with Crippen molar-refractivity contribution >= 4 is 22.8 Å². The lowest BCUT2D eigenvalue weighted by Gasteiger charge is -2.42. The van der Waals surface area contributed by atoms with Crippen LogP contribution in [0.5, 0.6) is 0 Å². The molecule has 10 heteroatoms. The number of fused-ring (bicyclic) bond motifs is 2. The zero-order valence-electron chi connectivity index (χ0n) is 20.4. The molecule has 2 N–H and O–H groups in total. The lowest BCUT2D eigenvalue weighted by Crippen LogP contribution is -2.54. The van der Waals surface area contributed by atoms with Crippen LogP contribution in [-0.4, -0.2) is 50.3 Å². The summed E-state index contributed by atoms with van der Waals surface area (Å²) >= 11 is 0. The summed E-state index contributed by atoms with van der Waals surface area (Å²) in [6.07, 6.45) is 4.72. The van der Waals surface area contributed by atoms with E-state index in [0.717, 1.165) is 31.7 Å². The number of nitrogens with zero attached hydrogens (tertiary/aromatic N) is 1. The highest BCUT2D eigenvalue weighted by molar-refractivity contribution is 7.84.